The molecule has 6 heteroatoms. The van der Waals surface area contributed by atoms with E-state index in [1.165, 1.54) is 24.7 Å². The van der Waals surface area contributed by atoms with Crippen LogP contribution in [-0.2, 0) is 16.6 Å². The smallest absolute Gasteiger partial charge is 0.208 e. The van der Waals surface area contributed by atoms with Crippen molar-refractivity contribution in [1.29, 1.82) is 0 Å². The number of sulfonamides is 1. The van der Waals surface area contributed by atoms with Gasteiger partial charge in [-0.1, -0.05) is 12.1 Å². The van der Waals surface area contributed by atoms with Gasteiger partial charge in [0.2, 0.25) is 10.0 Å². The molecule has 1 fully saturated rings. The Kier molecular flexibility index (Phi) is 6.44. The minimum absolute atomic E-state index is 0.541. The summed E-state index contributed by atoms with van der Waals surface area (Å²) >= 11 is 0. The van der Waals surface area contributed by atoms with Crippen LogP contribution in [0.25, 0.3) is 0 Å². The molecule has 0 bridgehead atoms. The van der Waals surface area contributed by atoms with E-state index in [1.807, 2.05) is 6.07 Å². The number of piperidine rings is 1. The van der Waals surface area contributed by atoms with Gasteiger partial charge in [0.15, 0.2) is 0 Å². The molecule has 0 amide bonds. The molecule has 1 atom stereocenters. The first-order valence-electron chi connectivity index (χ1n) is 8.18. The summed E-state index contributed by atoms with van der Waals surface area (Å²) in [7, 11) is -1.38. The molecule has 1 saturated heterocycles. The van der Waals surface area contributed by atoms with Gasteiger partial charge >= 0.3 is 0 Å². The van der Waals surface area contributed by atoms with Crippen molar-refractivity contribution in [1.82, 2.24) is 9.62 Å². The second-order valence-corrected chi connectivity index (χ2v) is 8.34. The first-order chi connectivity index (χ1) is 10.9. The summed E-state index contributed by atoms with van der Waals surface area (Å²) < 4.78 is 30.2. The van der Waals surface area contributed by atoms with E-state index < -0.39 is 10.0 Å². The maximum absolute atomic E-state index is 11.1. The van der Waals surface area contributed by atoms with Crippen molar-refractivity contribution in [3.8, 4) is 5.75 Å². The SMILES string of the molecule is COc1ccc(CN2CCCC(CCNS(C)(=O)=O)C2)cc1C. The van der Waals surface area contributed by atoms with Crippen LogP contribution in [0.15, 0.2) is 18.2 Å². The molecular weight excluding hydrogens is 312 g/mol. The molecule has 130 valence electrons. The maximum Gasteiger partial charge on any atom is 0.208 e. The van der Waals surface area contributed by atoms with Gasteiger partial charge in [-0.15, -0.1) is 0 Å². The molecule has 2 rings (SSSR count). The number of ether oxygens (including phenoxy) is 1. The van der Waals surface area contributed by atoms with Crippen molar-refractivity contribution in [2.45, 2.75) is 32.7 Å². The second-order valence-electron chi connectivity index (χ2n) is 6.50. The van der Waals surface area contributed by atoms with Gasteiger partial charge in [-0.3, -0.25) is 4.90 Å². The molecule has 1 heterocycles. The van der Waals surface area contributed by atoms with E-state index in [4.69, 9.17) is 4.74 Å². The topological polar surface area (TPSA) is 58.6 Å². The summed E-state index contributed by atoms with van der Waals surface area (Å²) in [5.74, 6) is 1.49. The van der Waals surface area contributed by atoms with Crippen molar-refractivity contribution < 1.29 is 13.2 Å². The van der Waals surface area contributed by atoms with Crippen molar-refractivity contribution in [2.75, 3.05) is 33.0 Å². The number of benzene rings is 1. The zero-order valence-corrected chi connectivity index (χ0v) is 15.2. The van der Waals surface area contributed by atoms with E-state index >= 15 is 0 Å². The molecule has 1 aliphatic heterocycles. The van der Waals surface area contributed by atoms with Gasteiger partial charge in [0.25, 0.3) is 0 Å². The molecule has 0 aliphatic carbocycles. The highest BCUT2D eigenvalue weighted by Gasteiger charge is 2.20. The fourth-order valence-corrected chi connectivity index (χ4v) is 3.76. The molecule has 1 aromatic rings. The Labute approximate surface area is 140 Å². The fourth-order valence-electron chi connectivity index (χ4n) is 3.28. The monoisotopic (exact) mass is 340 g/mol. The van der Waals surface area contributed by atoms with Crippen LogP contribution in [0.3, 0.4) is 0 Å². The summed E-state index contributed by atoms with van der Waals surface area (Å²) in [6, 6.07) is 6.34. The molecule has 1 unspecified atom stereocenters. The van der Waals surface area contributed by atoms with E-state index in [1.54, 1.807) is 7.11 Å². The number of hydrogen-bond donors (Lipinski definition) is 1. The molecule has 5 nitrogen and oxygen atoms in total. The van der Waals surface area contributed by atoms with Gasteiger partial charge < -0.3 is 4.74 Å². The Bertz CT molecular complexity index is 616. The van der Waals surface area contributed by atoms with Crippen molar-refractivity contribution in [3.63, 3.8) is 0 Å². The number of nitrogens with zero attached hydrogens (tertiary/aromatic N) is 1. The van der Waals surface area contributed by atoms with Gasteiger partial charge in [-0.05, 0) is 55.8 Å². The number of methoxy groups -OCH3 is 1. The number of nitrogens with one attached hydrogen (secondary N) is 1. The molecule has 0 saturated carbocycles. The summed E-state index contributed by atoms with van der Waals surface area (Å²) in [6.07, 6.45) is 4.49. The van der Waals surface area contributed by atoms with Crippen LogP contribution >= 0.6 is 0 Å². The van der Waals surface area contributed by atoms with Crippen LogP contribution in [0, 0.1) is 12.8 Å². The maximum atomic E-state index is 11.1. The minimum Gasteiger partial charge on any atom is -0.496 e. The largest absolute Gasteiger partial charge is 0.496 e. The van der Waals surface area contributed by atoms with Crippen LogP contribution < -0.4 is 9.46 Å². The highest BCUT2D eigenvalue weighted by atomic mass is 32.2. The van der Waals surface area contributed by atoms with Crippen LogP contribution in [0.4, 0.5) is 0 Å². The van der Waals surface area contributed by atoms with Crippen molar-refractivity contribution >= 4 is 10.0 Å². The molecule has 1 N–H and O–H groups in total. The first kappa shape index (κ1) is 18.2. The van der Waals surface area contributed by atoms with E-state index in [-0.39, 0.29) is 0 Å². The van der Waals surface area contributed by atoms with Crippen LogP contribution in [0.5, 0.6) is 5.75 Å². The lowest BCUT2D eigenvalue weighted by atomic mass is 9.94. The number of aryl methyl sites for hydroxylation is 1. The minimum atomic E-state index is -3.07. The summed E-state index contributed by atoms with van der Waals surface area (Å²) in [5, 5.41) is 0. The van der Waals surface area contributed by atoms with E-state index in [0.29, 0.717) is 12.5 Å². The van der Waals surface area contributed by atoms with E-state index in [2.05, 4.69) is 28.7 Å². The Hall–Kier alpha value is -1.11. The Morgan fingerprint density at radius 2 is 2.17 bits per heavy atom. The third-order valence-electron chi connectivity index (χ3n) is 4.39. The second kappa shape index (κ2) is 8.13. The lowest BCUT2D eigenvalue weighted by Crippen LogP contribution is -2.36. The number of likely N-dealkylation sites (tertiary alicyclic amines) is 1. The van der Waals surface area contributed by atoms with E-state index in [9.17, 15) is 8.42 Å². The van der Waals surface area contributed by atoms with Crippen LogP contribution in [0.1, 0.15) is 30.4 Å². The molecular formula is C17H28N2O3S. The molecule has 1 aromatic carbocycles. The van der Waals surface area contributed by atoms with Crippen LogP contribution in [0.2, 0.25) is 0 Å². The highest BCUT2D eigenvalue weighted by molar-refractivity contribution is 7.88. The van der Waals surface area contributed by atoms with Gasteiger partial charge in [0, 0.05) is 19.6 Å². The average molecular weight is 340 g/mol. The van der Waals surface area contributed by atoms with Gasteiger partial charge in [0.05, 0.1) is 13.4 Å². The predicted octanol–water partition coefficient (Wildman–Crippen LogP) is 2.15. The van der Waals surface area contributed by atoms with Crippen molar-refractivity contribution in [2.24, 2.45) is 5.92 Å². The summed E-state index contributed by atoms with van der Waals surface area (Å²) in [6.45, 7) is 5.70. The number of rotatable bonds is 7. The average Bonchev–Trinajstić information content (AvgIpc) is 2.46. The number of hydrogen-bond acceptors (Lipinski definition) is 4. The zero-order chi connectivity index (χ0) is 16.9. The van der Waals surface area contributed by atoms with Crippen molar-refractivity contribution in [3.05, 3.63) is 29.3 Å². The molecule has 0 aromatic heterocycles. The molecule has 0 spiro atoms. The zero-order valence-electron chi connectivity index (χ0n) is 14.3. The lowest BCUT2D eigenvalue weighted by molar-refractivity contribution is 0.162. The summed E-state index contributed by atoms with van der Waals surface area (Å²) in [5.41, 5.74) is 2.47. The molecule has 1 aliphatic rings. The Morgan fingerprint density at radius 3 is 2.83 bits per heavy atom. The summed E-state index contributed by atoms with van der Waals surface area (Å²) in [4.78, 5) is 2.47. The third-order valence-corrected chi connectivity index (χ3v) is 5.11. The van der Waals surface area contributed by atoms with Gasteiger partial charge in [-0.2, -0.15) is 0 Å². The standard InChI is InChI=1S/C17H28N2O3S/c1-14-11-16(6-7-17(14)22-2)13-19-10-4-5-15(12-19)8-9-18-23(3,20)21/h6-7,11,15,18H,4-5,8-10,12-13H2,1-3H3. The quantitative estimate of drug-likeness (QED) is 0.826. The fraction of sp³-hybridized carbons (Fsp3) is 0.647. The first-order valence-corrected chi connectivity index (χ1v) is 10.1. The molecule has 23 heavy (non-hydrogen) atoms. The van der Waals surface area contributed by atoms with Gasteiger partial charge in [0.1, 0.15) is 5.75 Å². The Morgan fingerprint density at radius 1 is 1.39 bits per heavy atom. The third kappa shape index (κ3) is 6.12. The normalized spacial score (nSPS) is 19.7. The molecule has 0 radical (unpaired) electrons. The van der Waals surface area contributed by atoms with E-state index in [0.717, 1.165) is 37.4 Å². The lowest BCUT2D eigenvalue weighted by Gasteiger charge is -2.33. The van der Waals surface area contributed by atoms with Crippen LogP contribution in [-0.4, -0.2) is 46.3 Å². The highest BCUT2D eigenvalue weighted by Crippen LogP contribution is 2.23. The predicted molar refractivity (Wildman–Crippen MR) is 93.2 cm³/mol. The van der Waals surface area contributed by atoms with Gasteiger partial charge in [-0.25, -0.2) is 13.1 Å². The Balaban J connectivity index is 1.85.